The van der Waals surface area contributed by atoms with E-state index in [4.69, 9.17) is 17.3 Å². The van der Waals surface area contributed by atoms with E-state index in [0.29, 0.717) is 44.3 Å². The van der Waals surface area contributed by atoms with Gasteiger partial charge in [0.2, 0.25) is 5.95 Å². The molecule has 9 nitrogen and oxygen atoms in total. The van der Waals surface area contributed by atoms with E-state index in [2.05, 4.69) is 25.5 Å². The normalized spacial score (nSPS) is 21.0. The minimum Gasteiger partial charge on any atom is -0.382 e. The lowest BCUT2D eigenvalue weighted by Crippen LogP contribution is -2.29. The summed E-state index contributed by atoms with van der Waals surface area (Å²) in [5.41, 5.74) is 8.69. The molecule has 0 radical (unpaired) electrons. The Balaban J connectivity index is 1.14. The van der Waals surface area contributed by atoms with Crippen LogP contribution in [0, 0.1) is 5.92 Å². The molecule has 2 aromatic carbocycles. The summed E-state index contributed by atoms with van der Waals surface area (Å²) in [6, 6.07) is 12.8. The van der Waals surface area contributed by atoms with Crippen molar-refractivity contribution in [3.05, 3.63) is 93.0 Å². The first-order chi connectivity index (χ1) is 20.6. The highest BCUT2D eigenvalue weighted by molar-refractivity contribution is 6.31. The van der Waals surface area contributed by atoms with Crippen molar-refractivity contribution < 1.29 is 17.6 Å². The van der Waals surface area contributed by atoms with E-state index in [9.17, 15) is 18.0 Å². The van der Waals surface area contributed by atoms with E-state index in [1.54, 1.807) is 28.8 Å². The van der Waals surface area contributed by atoms with Gasteiger partial charge in [-0.2, -0.15) is 22.7 Å². The fraction of sp³-hybridized carbons (Fsp3) is 0.207. The zero-order chi connectivity index (χ0) is 29.8. The van der Waals surface area contributed by atoms with Crippen LogP contribution in [-0.4, -0.2) is 35.5 Å². The Hall–Kier alpha value is -4.78. The van der Waals surface area contributed by atoms with E-state index in [-0.39, 0.29) is 29.5 Å². The number of nitrogens with two attached hydrogens (primary N) is 1. The maximum Gasteiger partial charge on any atom is 0.436 e. The summed E-state index contributed by atoms with van der Waals surface area (Å²) in [4.78, 5) is 17.9. The van der Waals surface area contributed by atoms with Gasteiger partial charge in [-0.3, -0.25) is 9.89 Å². The fourth-order valence-corrected chi connectivity index (χ4v) is 6.56. The zero-order valence-electron chi connectivity index (χ0n) is 21.9. The van der Waals surface area contributed by atoms with Crippen molar-refractivity contribution in [2.75, 3.05) is 5.73 Å². The van der Waals surface area contributed by atoms with Crippen LogP contribution in [0.2, 0.25) is 5.02 Å². The van der Waals surface area contributed by atoms with Gasteiger partial charge < -0.3 is 10.3 Å². The second-order valence-corrected chi connectivity index (χ2v) is 11.4. The molecule has 3 atom stereocenters. The first kappa shape index (κ1) is 25.9. The van der Waals surface area contributed by atoms with Gasteiger partial charge >= 0.3 is 6.18 Å². The van der Waals surface area contributed by atoms with Gasteiger partial charge in [0.15, 0.2) is 11.5 Å². The summed E-state index contributed by atoms with van der Waals surface area (Å²) in [6.45, 7) is 0. The Morgan fingerprint density at radius 1 is 1.07 bits per heavy atom. The maximum atomic E-state index is 15.3. The first-order valence-electron chi connectivity index (χ1n) is 13.3. The molecule has 0 bridgehead atoms. The van der Waals surface area contributed by atoms with E-state index in [1.165, 1.54) is 18.2 Å². The number of aliphatic imine (C=N–C) groups is 1. The van der Waals surface area contributed by atoms with Crippen molar-refractivity contribution in [1.29, 1.82) is 0 Å². The lowest BCUT2D eigenvalue weighted by molar-refractivity contribution is -0.141. The molecule has 43 heavy (non-hydrogen) atoms. The Bertz CT molecular complexity index is 2120. The van der Waals surface area contributed by atoms with Gasteiger partial charge in [-0.15, -0.1) is 5.10 Å². The first-order valence-corrected chi connectivity index (χ1v) is 13.7. The summed E-state index contributed by atoms with van der Waals surface area (Å²) in [7, 11) is 0. The predicted molar refractivity (Wildman–Crippen MR) is 152 cm³/mol. The van der Waals surface area contributed by atoms with Crippen LogP contribution in [-0.2, 0) is 6.18 Å². The van der Waals surface area contributed by atoms with E-state index >= 15 is 4.39 Å². The largest absolute Gasteiger partial charge is 0.436 e. The van der Waals surface area contributed by atoms with Gasteiger partial charge in [-0.1, -0.05) is 22.9 Å². The number of hydrogen-bond acceptors (Lipinski definition) is 6. The third-order valence-electron chi connectivity index (χ3n) is 8.43. The van der Waals surface area contributed by atoms with Gasteiger partial charge in [0.05, 0.1) is 23.4 Å². The Morgan fingerprint density at radius 3 is 2.70 bits per heavy atom. The minimum absolute atomic E-state index is 0.0719. The molecule has 5 aromatic rings. The zero-order valence-corrected chi connectivity index (χ0v) is 22.7. The van der Waals surface area contributed by atoms with Crippen LogP contribution >= 0.6 is 11.6 Å². The molecule has 3 aliphatic rings. The average molecular weight is 607 g/mol. The topological polar surface area (TPSA) is 120 Å². The van der Waals surface area contributed by atoms with Crippen molar-refractivity contribution in [1.82, 2.24) is 29.8 Å². The highest BCUT2D eigenvalue weighted by Gasteiger charge is 2.55. The molecule has 1 aliphatic carbocycles. The number of halogens is 5. The number of pyridine rings is 1. The lowest BCUT2D eigenvalue weighted by Gasteiger charge is -2.20. The molecule has 3 N–H and O–H groups in total. The molecule has 0 saturated heterocycles. The van der Waals surface area contributed by atoms with E-state index in [1.807, 2.05) is 6.07 Å². The second kappa shape index (κ2) is 8.86. The number of allylic oxidation sites excluding steroid dienone is 1. The number of nitrogens with zero attached hydrogens (tertiary/aromatic N) is 6. The minimum atomic E-state index is -4.66. The molecule has 216 valence electrons. The van der Waals surface area contributed by atoms with E-state index < -0.39 is 23.9 Å². The molecule has 1 saturated carbocycles. The van der Waals surface area contributed by atoms with E-state index in [0.717, 1.165) is 28.4 Å². The van der Waals surface area contributed by atoms with Crippen LogP contribution in [0.1, 0.15) is 41.8 Å². The molecule has 8 rings (SSSR count). The van der Waals surface area contributed by atoms with Crippen LogP contribution in [0.5, 0.6) is 0 Å². The Labute approximate surface area is 244 Å². The van der Waals surface area contributed by atoms with Crippen molar-refractivity contribution in [3.63, 3.8) is 0 Å². The summed E-state index contributed by atoms with van der Waals surface area (Å²) in [5.74, 6) is -0.0701. The molecule has 3 aromatic heterocycles. The molecule has 0 spiro atoms. The van der Waals surface area contributed by atoms with Gasteiger partial charge in [0.25, 0.3) is 5.56 Å². The van der Waals surface area contributed by atoms with Crippen LogP contribution in [0.3, 0.4) is 0 Å². The summed E-state index contributed by atoms with van der Waals surface area (Å²) in [5, 5.41) is 14.8. The number of alkyl halides is 3. The number of fused-ring (bicyclic) bond motifs is 4. The predicted octanol–water partition coefficient (Wildman–Crippen LogP) is 6.07. The van der Waals surface area contributed by atoms with Gasteiger partial charge in [-0.25, -0.2) is 9.67 Å². The molecular formula is C29H19ClF4N8O. The highest BCUT2D eigenvalue weighted by Crippen LogP contribution is 2.60. The lowest BCUT2D eigenvalue weighted by atomic mass is 9.97. The number of nitrogen functional groups attached to an aromatic ring is 1. The molecule has 1 fully saturated rings. The number of anilines is 1. The van der Waals surface area contributed by atoms with Crippen LogP contribution in [0.4, 0.5) is 23.4 Å². The monoisotopic (exact) mass is 606 g/mol. The molecule has 0 amide bonds. The number of H-pyrrole nitrogens is 1. The summed E-state index contributed by atoms with van der Waals surface area (Å²) >= 11 is 6.27. The quantitative estimate of drug-likeness (QED) is 0.190. The van der Waals surface area contributed by atoms with Crippen molar-refractivity contribution in [2.24, 2.45) is 10.9 Å². The van der Waals surface area contributed by atoms with Gasteiger partial charge in [-0.05, 0) is 59.9 Å². The molecule has 14 heteroatoms. The van der Waals surface area contributed by atoms with Gasteiger partial charge in [0, 0.05) is 51.4 Å². The van der Waals surface area contributed by atoms with Crippen molar-refractivity contribution in [3.8, 4) is 16.8 Å². The number of aromatic nitrogens is 6. The SMILES string of the molecule is Nc1n[nH]c2cc(C3=C(F)N=C([C@@H]4[C@H]5C[C@H]5c5cc(-c6cc(Cl)ccc6-n6cc(C(F)(F)F)nn6)cc(=O)n54)C3)ccc12. The number of benzene rings is 2. The number of rotatable bonds is 4. The molecule has 2 aliphatic heterocycles. The smallest absolute Gasteiger partial charge is 0.382 e. The average Bonchev–Trinajstić information content (AvgIpc) is 3.31. The van der Waals surface area contributed by atoms with Crippen LogP contribution < -0.4 is 11.3 Å². The molecule has 0 unspecified atom stereocenters. The number of nitrogens with one attached hydrogen (secondary N) is 1. The second-order valence-electron chi connectivity index (χ2n) is 11.0. The fourth-order valence-electron chi connectivity index (χ4n) is 6.39. The molecular weight excluding hydrogens is 588 g/mol. The Morgan fingerprint density at radius 2 is 1.91 bits per heavy atom. The highest BCUT2D eigenvalue weighted by atomic mass is 35.5. The molecule has 5 heterocycles. The Kier molecular flexibility index (Phi) is 5.34. The summed E-state index contributed by atoms with van der Waals surface area (Å²) < 4.78 is 57.5. The third kappa shape index (κ3) is 4.02. The van der Waals surface area contributed by atoms with Crippen molar-refractivity contribution >= 4 is 39.6 Å². The maximum absolute atomic E-state index is 15.3. The summed E-state index contributed by atoms with van der Waals surface area (Å²) in [6.07, 6.45) is -2.82. The van der Waals surface area contributed by atoms with Crippen LogP contribution in [0.25, 0.3) is 33.3 Å². The number of aromatic amines is 1. The van der Waals surface area contributed by atoms with Gasteiger partial charge in [0.1, 0.15) is 0 Å². The van der Waals surface area contributed by atoms with Crippen LogP contribution in [0.15, 0.2) is 70.5 Å². The third-order valence-corrected chi connectivity index (χ3v) is 8.67. The van der Waals surface area contributed by atoms with Crippen molar-refractivity contribution in [2.45, 2.75) is 31.0 Å². The number of hydrogen-bond donors (Lipinski definition) is 2. The standard InChI is InChI=1S/C29H19ClF4N8O/c30-14-2-4-22(41-11-24(38-40-41)29(32,33)34)16(8-14)13-6-23-18-9-19(18)26(42(23)25(43)7-13)21-10-17(27(31)36-21)12-1-3-15-20(5-12)37-39-28(15)35/h1-8,11,18-19,26H,9-10H2,(H3,35,37,39)/t18-,19+,26+/m1/s1.